The highest BCUT2D eigenvalue weighted by Gasteiger charge is 2.10. The van der Waals surface area contributed by atoms with Gasteiger partial charge in [0.15, 0.2) is 0 Å². The van der Waals surface area contributed by atoms with E-state index in [1.54, 1.807) is 7.11 Å². The second kappa shape index (κ2) is 5.37. The summed E-state index contributed by atoms with van der Waals surface area (Å²) in [6.07, 6.45) is 0. The Bertz CT molecular complexity index is 491. The van der Waals surface area contributed by atoms with Crippen molar-refractivity contribution in [3.05, 3.63) is 64.1 Å². The Morgan fingerprint density at radius 3 is 2.24 bits per heavy atom. The van der Waals surface area contributed by atoms with E-state index in [1.807, 2.05) is 18.2 Å². The third kappa shape index (κ3) is 2.70. The van der Waals surface area contributed by atoms with E-state index in [1.165, 1.54) is 11.1 Å². The van der Waals surface area contributed by atoms with Crippen LogP contribution in [0.25, 0.3) is 0 Å². The lowest BCUT2D eigenvalue weighted by atomic mass is 9.93. The van der Waals surface area contributed by atoms with Gasteiger partial charge in [-0.2, -0.15) is 0 Å². The van der Waals surface area contributed by atoms with E-state index in [4.69, 9.17) is 4.74 Å². The van der Waals surface area contributed by atoms with E-state index < -0.39 is 0 Å². The van der Waals surface area contributed by atoms with Gasteiger partial charge in [0.1, 0.15) is 5.75 Å². The molecule has 2 aromatic carbocycles. The van der Waals surface area contributed by atoms with Crippen LogP contribution in [0.1, 0.15) is 24.0 Å². The molecule has 17 heavy (non-hydrogen) atoms. The molecule has 2 aromatic rings. The summed E-state index contributed by atoms with van der Waals surface area (Å²) in [4.78, 5) is 0. The van der Waals surface area contributed by atoms with Crippen LogP contribution in [0.5, 0.6) is 5.75 Å². The van der Waals surface area contributed by atoms with Gasteiger partial charge in [0.2, 0.25) is 0 Å². The summed E-state index contributed by atoms with van der Waals surface area (Å²) in [5.41, 5.74) is 2.59. The second-order valence-corrected chi connectivity index (χ2v) is 4.87. The van der Waals surface area contributed by atoms with Crippen LogP contribution in [-0.2, 0) is 0 Å². The van der Waals surface area contributed by atoms with Gasteiger partial charge in [0, 0.05) is 10.4 Å². The fourth-order valence-corrected chi connectivity index (χ4v) is 2.53. The second-order valence-electron chi connectivity index (χ2n) is 4.02. The molecule has 1 atom stereocenters. The van der Waals surface area contributed by atoms with Gasteiger partial charge in [-0.1, -0.05) is 53.2 Å². The summed E-state index contributed by atoms with van der Waals surface area (Å²) < 4.78 is 6.32. The third-order valence-electron chi connectivity index (χ3n) is 2.99. The van der Waals surface area contributed by atoms with E-state index in [-0.39, 0.29) is 0 Å². The fourth-order valence-electron chi connectivity index (χ4n) is 1.90. The maximum absolute atomic E-state index is 5.17. The molecule has 0 bridgehead atoms. The standard InChI is InChI=1S/C15H15BrO/c1-11(14-5-3-4-6-15(14)16)12-7-9-13(17-2)10-8-12/h3-11H,1-2H3. The van der Waals surface area contributed by atoms with Crippen molar-refractivity contribution in [3.8, 4) is 5.75 Å². The Kier molecular flexibility index (Phi) is 3.85. The van der Waals surface area contributed by atoms with Gasteiger partial charge in [-0.05, 0) is 29.3 Å². The van der Waals surface area contributed by atoms with E-state index in [9.17, 15) is 0 Å². The first-order chi connectivity index (χ1) is 8.22. The Morgan fingerprint density at radius 1 is 1.00 bits per heavy atom. The van der Waals surface area contributed by atoms with E-state index in [0.29, 0.717) is 5.92 Å². The van der Waals surface area contributed by atoms with Gasteiger partial charge < -0.3 is 4.74 Å². The molecule has 0 aromatic heterocycles. The van der Waals surface area contributed by atoms with Crippen LogP contribution in [0.15, 0.2) is 53.0 Å². The molecule has 0 radical (unpaired) electrons. The van der Waals surface area contributed by atoms with Crippen molar-refractivity contribution in [2.75, 3.05) is 7.11 Å². The Morgan fingerprint density at radius 2 is 1.65 bits per heavy atom. The lowest BCUT2D eigenvalue weighted by Crippen LogP contribution is -1.97. The van der Waals surface area contributed by atoms with Crippen LogP contribution in [0, 0.1) is 0 Å². The van der Waals surface area contributed by atoms with Gasteiger partial charge in [0.05, 0.1) is 7.11 Å². The monoisotopic (exact) mass is 290 g/mol. The molecule has 0 aliphatic rings. The smallest absolute Gasteiger partial charge is 0.118 e. The van der Waals surface area contributed by atoms with Crippen LogP contribution in [0.3, 0.4) is 0 Å². The van der Waals surface area contributed by atoms with Crippen LogP contribution in [0.4, 0.5) is 0 Å². The lowest BCUT2D eigenvalue weighted by Gasteiger charge is -2.14. The van der Waals surface area contributed by atoms with Crippen molar-refractivity contribution in [3.63, 3.8) is 0 Å². The zero-order valence-corrected chi connectivity index (χ0v) is 11.6. The zero-order chi connectivity index (χ0) is 12.3. The Balaban J connectivity index is 2.30. The number of methoxy groups -OCH3 is 1. The topological polar surface area (TPSA) is 9.23 Å². The summed E-state index contributed by atoms with van der Waals surface area (Å²) in [6, 6.07) is 16.6. The molecule has 2 rings (SSSR count). The van der Waals surface area contributed by atoms with Crippen LogP contribution >= 0.6 is 15.9 Å². The third-order valence-corrected chi connectivity index (χ3v) is 3.71. The minimum atomic E-state index is 0.372. The van der Waals surface area contributed by atoms with Crippen LogP contribution < -0.4 is 4.74 Å². The zero-order valence-electron chi connectivity index (χ0n) is 9.98. The molecule has 88 valence electrons. The van der Waals surface area contributed by atoms with Gasteiger partial charge in [0.25, 0.3) is 0 Å². The predicted octanol–water partition coefficient (Wildman–Crippen LogP) is 4.61. The van der Waals surface area contributed by atoms with Gasteiger partial charge in [-0.25, -0.2) is 0 Å². The molecule has 0 saturated carbocycles. The maximum Gasteiger partial charge on any atom is 0.118 e. The fraction of sp³-hybridized carbons (Fsp3) is 0.200. The lowest BCUT2D eigenvalue weighted by molar-refractivity contribution is 0.414. The average Bonchev–Trinajstić information content (AvgIpc) is 2.39. The molecule has 2 heteroatoms. The summed E-state index contributed by atoms with van der Waals surface area (Å²) >= 11 is 3.60. The Hall–Kier alpha value is -1.28. The van der Waals surface area contributed by atoms with Crippen molar-refractivity contribution in [1.82, 2.24) is 0 Å². The highest BCUT2D eigenvalue weighted by Crippen LogP contribution is 2.30. The van der Waals surface area contributed by atoms with E-state index >= 15 is 0 Å². The number of hydrogen-bond acceptors (Lipinski definition) is 1. The van der Waals surface area contributed by atoms with Gasteiger partial charge in [-0.3, -0.25) is 0 Å². The van der Waals surface area contributed by atoms with Crippen molar-refractivity contribution in [1.29, 1.82) is 0 Å². The molecule has 1 unspecified atom stereocenters. The summed E-state index contributed by atoms with van der Waals surface area (Å²) in [7, 11) is 1.69. The largest absolute Gasteiger partial charge is 0.497 e. The number of hydrogen-bond donors (Lipinski definition) is 0. The van der Waals surface area contributed by atoms with Crippen molar-refractivity contribution < 1.29 is 4.74 Å². The first-order valence-corrected chi connectivity index (χ1v) is 6.40. The molecular formula is C15H15BrO. The summed E-state index contributed by atoms with van der Waals surface area (Å²) in [5.74, 6) is 1.27. The van der Waals surface area contributed by atoms with Crippen molar-refractivity contribution in [2.24, 2.45) is 0 Å². The van der Waals surface area contributed by atoms with Crippen LogP contribution in [0.2, 0.25) is 0 Å². The predicted molar refractivity (Wildman–Crippen MR) is 74.7 cm³/mol. The van der Waals surface area contributed by atoms with Gasteiger partial charge >= 0.3 is 0 Å². The molecule has 0 saturated heterocycles. The minimum absolute atomic E-state index is 0.372. The first kappa shape index (κ1) is 12.2. The number of benzene rings is 2. The minimum Gasteiger partial charge on any atom is -0.497 e. The number of rotatable bonds is 3. The summed E-state index contributed by atoms with van der Waals surface area (Å²) in [5, 5.41) is 0. The van der Waals surface area contributed by atoms with Crippen molar-refractivity contribution in [2.45, 2.75) is 12.8 Å². The van der Waals surface area contributed by atoms with E-state index in [0.717, 1.165) is 10.2 Å². The highest BCUT2D eigenvalue weighted by molar-refractivity contribution is 9.10. The molecule has 0 heterocycles. The van der Waals surface area contributed by atoms with E-state index in [2.05, 4.69) is 53.2 Å². The molecule has 1 nitrogen and oxygen atoms in total. The quantitative estimate of drug-likeness (QED) is 0.802. The molecule has 0 aliphatic heterocycles. The highest BCUT2D eigenvalue weighted by atomic mass is 79.9. The average molecular weight is 291 g/mol. The SMILES string of the molecule is COc1ccc(C(C)c2ccccc2Br)cc1. The molecule has 0 spiro atoms. The normalized spacial score (nSPS) is 12.2. The molecular weight excluding hydrogens is 276 g/mol. The van der Waals surface area contributed by atoms with Crippen molar-refractivity contribution >= 4 is 15.9 Å². The number of ether oxygens (including phenoxy) is 1. The first-order valence-electron chi connectivity index (χ1n) is 5.60. The molecule has 0 fully saturated rings. The number of halogens is 1. The maximum atomic E-state index is 5.17. The van der Waals surface area contributed by atoms with Crippen LogP contribution in [-0.4, -0.2) is 7.11 Å². The molecule has 0 aliphatic carbocycles. The van der Waals surface area contributed by atoms with Gasteiger partial charge in [-0.15, -0.1) is 0 Å². The summed E-state index contributed by atoms with van der Waals surface area (Å²) in [6.45, 7) is 2.21. The molecule has 0 N–H and O–H groups in total. The Labute approximate surface area is 111 Å². The molecule has 0 amide bonds.